The van der Waals surface area contributed by atoms with E-state index < -0.39 is 0 Å². The molecule has 0 spiro atoms. The van der Waals surface area contributed by atoms with Crippen LogP contribution in [0.3, 0.4) is 0 Å². The van der Waals surface area contributed by atoms with Crippen molar-refractivity contribution in [2.45, 2.75) is 30.8 Å². The van der Waals surface area contributed by atoms with Crippen molar-refractivity contribution in [1.82, 2.24) is 0 Å². The molecule has 0 radical (unpaired) electrons. The molecule has 1 unspecified atom stereocenters. The number of benzene rings is 1. The summed E-state index contributed by atoms with van der Waals surface area (Å²) in [6.45, 7) is 0. The van der Waals surface area contributed by atoms with Crippen molar-refractivity contribution in [3.8, 4) is 0 Å². The van der Waals surface area contributed by atoms with Crippen LogP contribution in [0.1, 0.15) is 23.3 Å². The van der Waals surface area contributed by atoms with Crippen LogP contribution in [0.25, 0.3) is 0 Å². The number of thiophene rings is 1. The molecular formula is C15H16OS. The molecule has 1 aromatic heterocycles. The first kappa shape index (κ1) is 11.0. The van der Waals surface area contributed by atoms with Crippen LogP contribution in [0.15, 0.2) is 47.8 Å². The normalized spacial score (nSPS) is 18.9. The fourth-order valence-corrected chi connectivity index (χ4v) is 3.28. The van der Waals surface area contributed by atoms with Gasteiger partial charge in [0.25, 0.3) is 0 Å². The van der Waals surface area contributed by atoms with Gasteiger partial charge in [-0.2, -0.15) is 0 Å². The summed E-state index contributed by atoms with van der Waals surface area (Å²) in [7, 11) is 0. The van der Waals surface area contributed by atoms with Gasteiger partial charge in [0.15, 0.2) is 0 Å². The molecule has 2 aromatic rings. The van der Waals surface area contributed by atoms with Gasteiger partial charge in [0, 0.05) is 16.7 Å². The second-order valence-corrected chi connectivity index (χ2v) is 5.85. The zero-order valence-electron chi connectivity index (χ0n) is 9.67. The number of rotatable bonds is 4. The van der Waals surface area contributed by atoms with E-state index in [0.717, 1.165) is 19.3 Å². The predicted octanol–water partition coefficient (Wildman–Crippen LogP) is 3.38. The molecule has 2 heteroatoms. The van der Waals surface area contributed by atoms with E-state index in [2.05, 4.69) is 41.8 Å². The van der Waals surface area contributed by atoms with Crippen LogP contribution >= 0.6 is 11.3 Å². The van der Waals surface area contributed by atoms with E-state index in [9.17, 15) is 5.11 Å². The maximum Gasteiger partial charge on any atom is 0.0684 e. The second kappa shape index (κ2) is 4.28. The quantitative estimate of drug-likeness (QED) is 0.874. The number of aliphatic hydroxyl groups is 1. The third-order valence-corrected chi connectivity index (χ3v) is 4.65. The van der Waals surface area contributed by atoms with Crippen LogP contribution in [0, 0.1) is 0 Å². The van der Waals surface area contributed by atoms with E-state index >= 15 is 0 Å². The Kier molecular flexibility index (Phi) is 2.77. The van der Waals surface area contributed by atoms with Gasteiger partial charge >= 0.3 is 0 Å². The molecule has 1 aliphatic rings. The Balaban J connectivity index is 1.80. The Morgan fingerprint density at radius 1 is 1.12 bits per heavy atom. The van der Waals surface area contributed by atoms with E-state index in [1.807, 2.05) is 6.07 Å². The van der Waals surface area contributed by atoms with Crippen molar-refractivity contribution < 1.29 is 5.11 Å². The van der Waals surface area contributed by atoms with E-state index in [-0.39, 0.29) is 11.5 Å². The Hall–Kier alpha value is -1.12. The van der Waals surface area contributed by atoms with Crippen LogP contribution in [0.2, 0.25) is 0 Å². The highest BCUT2D eigenvalue weighted by Gasteiger charge is 2.49. The zero-order chi connectivity index (χ0) is 11.7. The van der Waals surface area contributed by atoms with Gasteiger partial charge in [0.2, 0.25) is 0 Å². The standard InChI is InChI=1S/C15H16OS/c16-14(11-13-7-4-10-17-13)15(8-9-15)12-5-2-1-3-6-12/h1-7,10,14,16H,8-9,11H2. The first-order valence-corrected chi connectivity index (χ1v) is 6.95. The minimum atomic E-state index is -0.247. The van der Waals surface area contributed by atoms with Crippen molar-refractivity contribution in [2.24, 2.45) is 0 Å². The summed E-state index contributed by atoms with van der Waals surface area (Å²) < 4.78 is 0. The van der Waals surface area contributed by atoms with Gasteiger partial charge in [-0.3, -0.25) is 0 Å². The molecule has 0 aliphatic heterocycles. The monoisotopic (exact) mass is 244 g/mol. The summed E-state index contributed by atoms with van der Waals surface area (Å²) in [5.74, 6) is 0. The average Bonchev–Trinajstić information content (AvgIpc) is 3.04. The zero-order valence-corrected chi connectivity index (χ0v) is 10.5. The number of hydrogen-bond donors (Lipinski definition) is 1. The van der Waals surface area contributed by atoms with Crippen molar-refractivity contribution in [2.75, 3.05) is 0 Å². The molecule has 88 valence electrons. The van der Waals surface area contributed by atoms with Gasteiger partial charge in [0.1, 0.15) is 0 Å². The molecule has 1 N–H and O–H groups in total. The highest BCUT2D eigenvalue weighted by Crippen LogP contribution is 2.51. The summed E-state index contributed by atoms with van der Waals surface area (Å²) in [4.78, 5) is 1.28. The summed E-state index contributed by atoms with van der Waals surface area (Å²) in [6, 6.07) is 14.6. The van der Waals surface area contributed by atoms with Crippen LogP contribution in [0.5, 0.6) is 0 Å². The Labute approximate surface area is 106 Å². The van der Waals surface area contributed by atoms with Crippen LogP contribution in [-0.4, -0.2) is 11.2 Å². The third-order valence-electron chi connectivity index (χ3n) is 3.75. The van der Waals surface area contributed by atoms with Crippen molar-refractivity contribution in [1.29, 1.82) is 0 Å². The van der Waals surface area contributed by atoms with Gasteiger partial charge < -0.3 is 5.11 Å². The first-order chi connectivity index (χ1) is 8.31. The lowest BCUT2D eigenvalue weighted by Gasteiger charge is -2.22. The molecule has 1 atom stereocenters. The van der Waals surface area contributed by atoms with Gasteiger partial charge in [-0.1, -0.05) is 36.4 Å². The Morgan fingerprint density at radius 3 is 2.47 bits per heavy atom. The van der Waals surface area contributed by atoms with E-state index in [4.69, 9.17) is 0 Å². The average molecular weight is 244 g/mol. The summed E-state index contributed by atoms with van der Waals surface area (Å²) >= 11 is 1.73. The molecule has 1 aromatic carbocycles. The van der Waals surface area contributed by atoms with E-state index in [1.165, 1.54) is 10.4 Å². The van der Waals surface area contributed by atoms with Gasteiger partial charge in [-0.25, -0.2) is 0 Å². The number of aliphatic hydroxyl groups excluding tert-OH is 1. The topological polar surface area (TPSA) is 20.2 Å². The molecule has 1 aliphatic carbocycles. The van der Waals surface area contributed by atoms with Crippen LogP contribution in [-0.2, 0) is 11.8 Å². The lowest BCUT2D eigenvalue weighted by Crippen LogP contribution is -2.27. The SMILES string of the molecule is OC(Cc1cccs1)C1(c2ccccc2)CC1. The van der Waals surface area contributed by atoms with Gasteiger partial charge in [-0.15, -0.1) is 11.3 Å². The lowest BCUT2D eigenvalue weighted by atomic mass is 9.88. The summed E-state index contributed by atoms with van der Waals surface area (Å²) in [6.07, 6.45) is 2.77. The molecule has 0 amide bonds. The molecular weight excluding hydrogens is 228 g/mol. The predicted molar refractivity (Wildman–Crippen MR) is 71.4 cm³/mol. The van der Waals surface area contributed by atoms with Crippen molar-refractivity contribution >= 4 is 11.3 Å². The van der Waals surface area contributed by atoms with Crippen molar-refractivity contribution in [3.63, 3.8) is 0 Å². The Morgan fingerprint density at radius 2 is 1.88 bits per heavy atom. The fraction of sp³-hybridized carbons (Fsp3) is 0.333. The van der Waals surface area contributed by atoms with Gasteiger partial charge in [0.05, 0.1) is 6.10 Å². The van der Waals surface area contributed by atoms with Crippen LogP contribution in [0.4, 0.5) is 0 Å². The maximum atomic E-state index is 10.5. The van der Waals surface area contributed by atoms with E-state index in [1.54, 1.807) is 11.3 Å². The minimum absolute atomic E-state index is 0.0330. The fourth-order valence-electron chi connectivity index (χ4n) is 2.53. The third kappa shape index (κ3) is 2.03. The smallest absolute Gasteiger partial charge is 0.0684 e. The molecule has 3 rings (SSSR count). The minimum Gasteiger partial charge on any atom is -0.392 e. The summed E-state index contributed by atoms with van der Waals surface area (Å²) in [5.41, 5.74) is 1.33. The Bertz CT molecular complexity index is 471. The summed E-state index contributed by atoms with van der Waals surface area (Å²) in [5, 5.41) is 12.5. The van der Waals surface area contributed by atoms with Crippen molar-refractivity contribution in [3.05, 3.63) is 58.3 Å². The molecule has 0 bridgehead atoms. The number of hydrogen-bond acceptors (Lipinski definition) is 2. The molecule has 17 heavy (non-hydrogen) atoms. The largest absolute Gasteiger partial charge is 0.392 e. The second-order valence-electron chi connectivity index (χ2n) is 4.82. The maximum absolute atomic E-state index is 10.5. The highest BCUT2D eigenvalue weighted by atomic mass is 32.1. The molecule has 1 fully saturated rings. The van der Waals surface area contributed by atoms with Gasteiger partial charge in [-0.05, 0) is 29.9 Å². The first-order valence-electron chi connectivity index (χ1n) is 6.07. The molecule has 1 heterocycles. The highest BCUT2D eigenvalue weighted by molar-refractivity contribution is 7.09. The molecule has 1 saturated carbocycles. The van der Waals surface area contributed by atoms with Crippen LogP contribution < -0.4 is 0 Å². The molecule has 1 nitrogen and oxygen atoms in total. The van der Waals surface area contributed by atoms with E-state index in [0.29, 0.717) is 0 Å². The molecule has 0 saturated heterocycles. The lowest BCUT2D eigenvalue weighted by molar-refractivity contribution is 0.132.